The first-order chi connectivity index (χ1) is 9.56. The summed E-state index contributed by atoms with van der Waals surface area (Å²) in [7, 11) is -1.71. The van der Waals surface area contributed by atoms with Crippen LogP contribution in [0.4, 0.5) is 0 Å². The Morgan fingerprint density at radius 2 is 2.10 bits per heavy atom. The Morgan fingerprint density at radius 3 is 2.75 bits per heavy atom. The normalized spacial score (nSPS) is 26.4. The number of ether oxygens (including phenoxy) is 1. The Kier molecular flexibility index (Phi) is 4.14. The fourth-order valence-electron chi connectivity index (χ4n) is 2.27. The number of hydrogen-bond donors (Lipinski definition) is 2. The van der Waals surface area contributed by atoms with Gasteiger partial charge in [0, 0.05) is 25.7 Å². The van der Waals surface area contributed by atoms with E-state index in [9.17, 15) is 8.42 Å². The van der Waals surface area contributed by atoms with Crippen LogP contribution in [0.2, 0.25) is 0 Å². The van der Waals surface area contributed by atoms with E-state index in [0.29, 0.717) is 10.3 Å². The zero-order valence-corrected chi connectivity index (χ0v) is 13.1. The summed E-state index contributed by atoms with van der Waals surface area (Å²) >= 11 is 1.29. The van der Waals surface area contributed by atoms with Crippen LogP contribution in [0, 0.1) is 0 Å². The average molecular weight is 316 g/mol. The highest BCUT2D eigenvalue weighted by atomic mass is 32.2. The Bertz CT molecular complexity index is 560. The fraction of sp³-hybridized carbons (Fsp3) is 0.692. The van der Waals surface area contributed by atoms with Crippen LogP contribution in [0.1, 0.15) is 31.2 Å². The molecule has 0 amide bonds. The molecule has 3 rings (SSSR count). The lowest BCUT2D eigenvalue weighted by molar-refractivity contribution is 0.0236. The third kappa shape index (κ3) is 3.40. The molecule has 112 valence electrons. The molecule has 2 aliphatic carbocycles. The zero-order chi connectivity index (χ0) is 14.2. The van der Waals surface area contributed by atoms with Gasteiger partial charge in [0.15, 0.2) is 0 Å². The van der Waals surface area contributed by atoms with Crippen LogP contribution >= 0.6 is 11.3 Å². The van der Waals surface area contributed by atoms with E-state index in [2.05, 4.69) is 10.0 Å². The van der Waals surface area contributed by atoms with Crippen molar-refractivity contribution in [3.63, 3.8) is 0 Å². The maximum absolute atomic E-state index is 12.2. The van der Waals surface area contributed by atoms with Gasteiger partial charge in [0.1, 0.15) is 4.21 Å². The Labute approximate surface area is 123 Å². The van der Waals surface area contributed by atoms with Gasteiger partial charge < -0.3 is 10.1 Å². The zero-order valence-electron chi connectivity index (χ0n) is 11.5. The minimum Gasteiger partial charge on any atom is -0.381 e. The third-order valence-corrected chi connectivity index (χ3v) is 6.83. The molecule has 0 aromatic carbocycles. The molecule has 0 spiro atoms. The summed E-state index contributed by atoms with van der Waals surface area (Å²) in [6.07, 6.45) is 4.19. The molecule has 2 saturated carbocycles. The lowest BCUT2D eigenvalue weighted by Crippen LogP contribution is -2.47. The lowest BCUT2D eigenvalue weighted by atomic mass is 9.90. The second-order valence-corrected chi connectivity index (χ2v) is 8.43. The van der Waals surface area contributed by atoms with Crippen molar-refractivity contribution in [3.05, 3.63) is 17.0 Å². The fourth-order valence-corrected chi connectivity index (χ4v) is 4.76. The molecule has 2 aliphatic rings. The molecule has 1 aromatic heterocycles. The predicted molar refractivity (Wildman–Crippen MR) is 78.3 cm³/mol. The van der Waals surface area contributed by atoms with Crippen molar-refractivity contribution in [1.29, 1.82) is 0 Å². The first-order valence-corrected chi connectivity index (χ1v) is 9.29. The van der Waals surface area contributed by atoms with Gasteiger partial charge in [-0.15, -0.1) is 11.3 Å². The molecule has 0 bridgehead atoms. The molecule has 1 aromatic rings. The molecule has 7 heteroatoms. The van der Waals surface area contributed by atoms with Gasteiger partial charge in [-0.25, -0.2) is 13.1 Å². The van der Waals surface area contributed by atoms with Crippen LogP contribution in [0.5, 0.6) is 0 Å². The predicted octanol–water partition coefficient (Wildman–Crippen LogP) is 1.46. The Balaban J connectivity index is 1.56. The van der Waals surface area contributed by atoms with E-state index in [1.807, 2.05) is 5.38 Å². The van der Waals surface area contributed by atoms with Crippen LogP contribution in [0.25, 0.3) is 0 Å². The first-order valence-electron chi connectivity index (χ1n) is 6.93. The first kappa shape index (κ1) is 14.5. The maximum atomic E-state index is 12.2. The maximum Gasteiger partial charge on any atom is 0.250 e. The van der Waals surface area contributed by atoms with Gasteiger partial charge in [-0.2, -0.15) is 0 Å². The largest absolute Gasteiger partial charge is 0.381 e. The highest BCUT2D eigenvalue weighted by Gasteiger charge is 2.33. The smallest absolute Gasteiger partial charge is 0.250 e. The van der Waals surface area contributed by atoms with Crippen molar-refractivity contribution in [2.45, 2.75) is 54.6 Å². The highest BCUT2D eigenvalue weighted by molar-refractivity contribution is 7.91. The molecule has 0 atom stereocenters. The molecule has 1 heterocycles. The standard InChI is InChI=1S/C13H20N2O3S2/c1-18-12-5-11(6-12)15-20(16,17)13-4-9(8-19-13)7-14-10-2-3-10/h4,8,10-12,14-15H,2-3,5-7H2,1H3. The highest BCUT2D eigenvalue weighted by Crippen LogP contribution is 2.27. The summed E-state index contributed by atoms with van der Waals surface area (Å²) in [4.78, 5) is 0. The van der Waals surface area contributed by atoms with Crippen LogP contribution in [-0.2, 0) is 21.3 Å². The summed E-state index contributed by atoms with van der Waals surface area (Å²) in [6, 6.07) is 2.42. The van der Waals surface area contributed by atoms with Crippen molar-refractivity contribution in [2.75, 3.05) is 7.11 Å². The number of rotatable bonds is 7. The quantitative estimate of drug-likeness (QED) is 0.799. The minimum absolute atomic E-state index is 0.0140. The third-order valence-electron chi connectivity index (χ3n) is 3.82. The molecule has 0 saturated heterocycles. The van der Waals surface area contributed by atoms with Crippen molar-refractivity contribution >= 4 is 21.4 Å². The number of thiophene rings is 1. The van der Waals surface area contributed by atoms with Gasteiger partial charge in [-0.05, 0) is 42.7 Å². The minimum atomic E-state index is -3.37. The van der Waals surface area contributed by atoms with Gasteiger partial charge in [0.05, 0.1) is 6.10 Å². The van der Waals surface area contributed by atoms with Gasteiger partial charge in [-0.1, -0.05) is 0 Å². The van der Waals surface area contributed by atoms with Crippen LogP contribution in [0.15, 0.2) is 15.7 Å². The molecular weight excluding hydrogens is 296 g/mol. The summed E-state index contributed by atoms with van der Waals surface area (Å²) in [6.45, 7) is 0.756. The van der Waals surface area contributed by atoms with Crippen molar-refractivity contribution in [2.24, 2.45) is 0 Å². The summed E-state index contributed by atoms with van der Waals surface area (Å²) in [5.74, 6) is 0. The number of nitrogens with one attached hydrogen (secondary N) is 2. The van der Waals surface area contributed by atoms with E-state index >= 15 is 0 Å². The molecule has 20 heavy (non-hydrogen) atoms. The van der Waals surface area contributed by atoms with Gasteiger partial charge >= 0.3 is 0 Å². The van der Waals surface area contributed by atoms with Gasteiger partial charge in [0.25, 0.3) is 0 Å². The lowest BCUT2D eigenvalue weighted by Gasteiger charge is -2.34. The van der Waals surface area contributed by atoms with Crippen LogP contribution < -0.4 is 10.0 Å². The molecule has 0 radical (unpaired) electrons. The molecule has 5 nitrogen and oxygen atoms in total. The van der Waals surface area contributed by atoms with Gasteiger partial charge in [-0.3, -0.25) is 0 Å². The number of methoxy groups -OCH3 is 1. The van der Waals surface area contributed by atoms with E-state index in [1.54, 1.807) is 13.2 Å². The van der Waals surface area contributed by atoms with Crippen LogP contribution in [0.3, 0.4) is 0 Å². The SMILES string of the molecule is COC1CC(NS(=O)(=O)c2cc(CNC3CC3)cs2)C1. The summed E-state index contributed by atoms with van der Waals surface area (Å²) in [5.41, 5.74) is 1.05. The van der Waals surface area contributed by atoms with E-state index in [0.717, 1.165) is 24.9 Å². The molecule has 0 unspecified atom stereocenters. The second kappa shape index (κ2) is 5.73. The molecular formula is C13H20N2O3S2. The molecule has 2 fully saturated rings. The summed E-state index contributed by atoms with van der Waals surface area (Å²) < 4.78 is 32.8. The van der Waals surface area contributed by atoms with Gasteiger partial charge in [0.2, 0.25) is 10.0 Å². The van der Waals surface area contributed by atoms with E-state index in [1.165, 1.54) is 24.2 Å². The van der Waals surface area contributed by atoms with Crippen molar-refractivity contribution < 1.29 is 13.2 Å². The Hall–Kier alpha value is -0.470. The van der Waals surface area contributed by atoms with E-state index < -0.39 is 10.0 Å². The summed E-state index contributed by atoms with van der Waals surface area (Å²) in [5, 5.41) is 5.31. The topological polar surface area (TPSA) is 67.4 Å². The number of hydrogen-bond acceptors (Lipinski definition) is 5. The second-order valence-electron chi connectivity index (χ2n) is 5.58. The van der Waals surface area contributed by atoms with E-state index in [-0.39, 0.29) is 12.1 Å². The van der Waals surface area contributed by atoms with Crippen molar-refractivity contribution in [3.8, 4) is 0 Å². The number of sulfonamides is 1. The molecule has 0 aliphatic heterocycles. The Morgan fingerprint density at radius 1 is 1.35 bits per heavy atom. The van der Waals surface area contributed by atoms with Crippen LogP contribution in [-0.4, -0.2) is 33.7 Å². The van der Waals surface area contributed by atoms with Crippen molar-refractivity contribution in [1.82, 2.24) is 10.0 Å². The molecule has 2 N–H and O–H groups in total. The van der Waals surface area contributed by atoms with E-state index in [4.69, 9.17) is 4.74 Å². The monoisotopic (exact) mass is 316 g/mol. The average Bonchev–Trinajstić information content (AvgIpc) is 3.07.